The van der Waals surface area contributed by atoms with Gasteiger partial charge in [-0.25, -0.2) is 0 Å². The monoisotopic (exact) mass is 415 g/mol. The lowest BCUT2D eigenvalue weighted by atomic mass is 9.96. The van der Waals surface area contributed by atoms with Gasteiger partial charge in [0, 0.05) is 73.1 Å². The molecule has 2 heterocycles. The maximum absolute atomic E-state index is 5.47. The molecule has 2 saturated heterocycles. The van der Waals surface area contributed by atoms with Crippen LogP contribution < -0.4 is 5.32 Å². The Morgan fingerprint density at radius 2 is 1.80 bits per heavy atom. The van der Waals surface area contributed by atoms with E-state index >= 15 is 0 Å². The molecule has 1 aromatic rings. The number of hydrogen-bond acceptors (Lipinski definition) is 4. The van der Waals surface area contributed by atoms with Crippen molar-refractivity contribution in [1.29, 1.82) is 0 Å². The van der Waals surface area contributed by atoms with Crippen molar-refractivity contribution in [3.63, 3.8) is 0 Å². The highest BCUT2D eigenvalue weighted by atomic mass is 16.5. The van der Waals surface area contributed by atoms with E-state index in [1.54, 1.807) is 0 Å². The van der Waals surface area contributed by atoms with E-state index in [9.17, 15) is 0 Å². The van der Waals surface area contributed by atoms with Crippen LogP contribution in [0.1, 0.15) is 31.2 Å². The molecule has 0 bridgehead atoms. The summed E-state index contributed by atoms with van der Waals surface area (Å²) in [4.78, 5) is 11.9. The van der Waals surface area contributed by atoms with E-state index in [1.165, 1.54) is 51.0 Å². The molecule has 0 saturated carbocycles. The van der Waals surface area contributed by atoms with Gasteiger partial charge in [-0.15, -0.1) is 0 Å². The predicted molar refractivity (Wildman–Crippen MR) is 125 cm³/mol. The third kappa shape index (κ3) is 7.89. The van der Waals surface area contributed by atoms with Crippen LogP contribution in [0.25, 0.3) is 0 Å². The van der Waals surface area contributed by atoms with Crippen LogP contribution in [0.15, 0.2) is 35.3 Å². The Labute approximate surface area is 183 Å². The molecule has 2 aliphatic rings. The van der Waals surface area contributed by atoms with Crippen LogP contribution in [0.5, 0.6) is 0 Å². The van der Waals surface area contributed by atoms with Gasteiger partial charge in [0.25, 0.3) is 0 Å². The van der Waals surface area contributed by atoms with Gasteiger partial charge in [0.2, 0.25) is 0 Å². The second kappa shape index (κ2) is 12.9. The Hall–Kier alpha value is -1.63. The zero-order valence-corrected chi connectivity index (χ0v) is 19.1. The van der Waals surface area contributed by atoms with Gasteiger partial charge >= 0.3 is 0 Å². The zero-order valence-electron chi connectivity index (χ0n) is 19.1. The van der Waals surface area contributed by atoms with E-state index in [-0.39, 0.29) is 0 Å². The third-order valence-electron chi connectivity index (χ3n) is 6.44. The molecule has 0 radical (unpaired) electrons. The molecule has 30 heavy (non-hydrogen) atoms. The first-order chi connectivity index (χ1) is 14.7. The maximum Gasteiger partial charge on any atom is 0.193 e. The Balaban J connectivity index is 1.26. The SMILES string of the molecule is CN=C(NCCCN1CCN(Cc2ccccc2)CC1)N(C)CCC1CCOCC1. The summed E-state index contributed by atoms with van der Waals surface area (Å²) in [6, 6.07) is 10.8. The molecule has 0 spiro atoms. The van der Waals surface area contributed by atoms with E-state index in [1.807, 2.05) is 7.05 Å². The molecule has 0 atom stereocenters. The van der Waals surface area contributed by atoms with Crippen LogP contribution in [0.2, 0.25) is 0 Å². The van der Waals surface area contributed by atoms with Gasteiger partial charge in [0.05, 0.1) is 0 Å². The highest BCUT2D eigenvalue weighted by Crippen LogP contribution is 2.18. The van der Waals surface area contributed by atoms with E-state index in [0.717, 1.165) is 57.7 Å². The van der Waals surface area contributed by atoms with Crippen molar-refractivity contribution in [2.75, 3.05) is 73.1 Å². The summed E-state index contributed by atoms with van der Waals surface area (Å²) in [6.45, 7) is 10.8. The van der Waals surface area contributed by atoms with Crippen LogP contribution in [0.4, 0.5) is 0 Å². The smallest absolute Gasteiger partial charge is 0.193 e. The van der Waals surface area contributed by atoms with E-state index in [2.05, 4.69) is 62.4 Å². The number of piperazine rings is 1. The molecule has 6 heteroatoms. The molecule has 1 aromatic carbocycles. The van der Waals surface area contributed by atoms with Crippen molar-refractivity contribution in [3.8, 4) is 0 Å². The van der Waals surface area contributed by atoms with Gasteiger partial charge in [-0.1, -0.05) is 30.3 Å². The van der Waals surface area contributed by atoms with Gasteiger partial charge in [0.1, 0.15) is 0 Å². The summed E-state index contributed by atoms with van der Waals surface area (Å²) in [5.41, 5.74) is 1.42. The van der Waals surface area contributed by atoms with Crippen molar-refractivity contribution in [2.24, 2.45) is 10.9 Å². The fourth-order valence-corrected chi connectivity index (χ4v) is 4.42. The molecular formula is C24H41N5O. The second-order valence-electron chi connectivity index (χ2n) is 8.70. The first-order valence-electron chi connectivity index (χ1n) is 11.7. The zero-order chi connectivity index (χ0) is 21.0. The van der Waals surface area contributed by atoms with E-state index < -0.39 is 0 Å². The number of aliphatic imine (C=N–C) groups is 1. The standard InChI is InChI=1S/C24H41N5O/c1-25-24(27(2)14-9-22-10-19-30-20-11-22)26-12-6-13-28-15-17-29(18-16-28)21-23-7-4-3-5-8-23/h3-5,7-8,22H,6,9-21H2,1-2H3,(H,25,26). The Bertz CT molecular complexity index is 609. The lowest BCUT2D eigenvalue weighted by Crippen LogP contribution is -2.46. The Morgan fingerprint density at radius 1 is 1.10 bits per heavy atom. The number of hydrogen-bond donors (Lipinski definition) is 1. The van der Waals surface area contributed by atoms with Crippen LogP contribution in [-0.2, 0) is 11.3 Å². The van der Waals surface area contributed by atoms with Gasteiger partial charge in [-0.2, -0.15) is 0 Å². The highest BCUT2D eigenvalue weighted by molar-refractivity contribution is 5.79. The number of nitrogens with one attached hydrogen (secondary N) is 1. The molecule has 0 amide bonds. The summed E-state index contributed by atoms with van der Waals surface area (Å²) in [7, 11) is 4.04. The lowest BCUT2D eigenvalue weighted by molar-refractivity contribution is 0.0625. The maximum atomic E-state index is 5.47. The molecule has 0 aromatic heterocycles. The van der Waals surface area contributed by atoms with Crippen molar-refractivity contribution in [1.82, 2.24) is 20.0 Å². The molecule has 3 rings (SSSR count). The average molecular weight is 416 g/mol. The average Bonchev–Trinajstić information content (AvgIpc) is 2.80. The fourth-order valence-electron chi connectivity index (χ4n) is 4.42. The molecule has 6 nitrogen and oxygen atoms in total. The summed E-state index contributed by atoms with van der Waals surface area (Å²) >= 11 is 0. The minimum Gasteiger partial charge on any atom is -0.381 e. The molecule has 168 valence electrons. The van der Waals surface area contributed by atoms with Gasteiger partial charge < -0.3 is 19.9 Å². The minimum absolute atomic E-state index is 0.805. The quantitative estimate of drug-likeness (QED) is 0.381. The number of nitrogens with zero attached hydrogens (tertiary/aromatic N) is 4. The summed E-state index contributed by atoms with van der Waals surface area (Å²) in [5, 5.41) is 3.55. The van der Waals surface area contributed by atoms with Gasteiger partial charge in [-0.3, -0.25) is 9.89 Å². The highest BCUT2D eigenvalue weighted by Gasteiger charge is 2.17. The van der Waals surface area contributed by atoms with Crippen LogP contribution in [0, 0.1) is 5.92 Å². The lowest BCUT2D eigenvalue weighted by Gasteiger charge is -2.34. The van der Waals surface area contributed by atoms with Gasteiger partial charge in [-0.05, 0) is 43.7 Å². The van der Waals surface area contributed by atoms with Crippen molar-refractivity contribution in [3.05, 3.63) is 35.9 Å². The third-order valence-corrected chi connectivity index (χ3v) is 6.44. The first-order valence-corrected chi connectivity index (χ1v) is 11.7. The second-order valence-corrected chi connectivity index (χ2v) is 8.70. The Kier molecular flexibility index (Phi) is 9.93. The molecule has 0 aliphatic carbocycles. The van der Waals surface area contributed by atoms with Crippen LogP contribution in [-0.4, -0.2) is 93.8 Å². The topological polar surface area (TPSA) is 43.3 Å². The molecule has 0 unspecified atom stereocenters. The van der Waals surface area contributed by atoms with Crippen molar-refractivity contribution >= 4 is 5.96 Å². The van der Waals surface area contributed by atoms with Crippen molar-refractivity contribution < 1.29 is 4.74 Å². The Morgan fingerprint density at radius 3 is 2.50 bits per heavy atom. The first kappa shape index (κ1) is 23.0. The molecule has 2 fully saturated rings. The van der Waals surface area contributed by atoms with E-state index in [4.69, 9.17) is 4.74 Å². The summed E-state index contributed by atoms with van der Waals surface area (Å²) in [6.07, 6.45) is 4.80. The fraction of sp³-hybridized carbons (Fsp3) is 0.708. The number of benzene rings is 1. The van der Waals surface area contributed by atoms with Crippen LogP contribution in [0.3, 0.4) is 0 Å². The number of guanidine groups is 1. The molecule has 1 N–H and O–H groups in total. The molecule has 2 aliphatic heterocycles. The van der Waals surface area contributed by atoms with E-state index in [0.29, 0.717) is 0 Å². The van der Waals surface area contributed by atoms with Crippen molar-refractivity contribution in [2.45, 2.75) is 32.2 Å². The molecular weight excluding hydrogens is 374 g/mol. The summed E-state index contributed by atoms with van der Waals surface area (Å²) in [5.74, 6) is 1.83. The number of ether oxygens (including phenoxy) is 1. The van der Waals surface area contributed by atoms with Crippen LogP contribution >= 0.6 is 0 Å². The largest absolute Gasteiger partial charge is 0.381 e. The van der Waals surface area contributed by atoms with Gasteiger partial charge in [0.15, 0.2) is 5.96 Å². The minimum atomic E-state index is 0.805. The normalized spacial score (nSPS) is 19.7. The number of rotatable bonds is 9. The summed E-state index contributed by atoms with van der Waals surface area (Å²) < 4.78 is 5.47. The predicted octanol–water partition coefficient (Wildman–Crippen LogP) is 2.52.